The number of aromatic nitrogens is 6. The minimum Gasteiger partial charge on any atom is -0.340 e. The van der Waals surface area contributed by atoms with Crippen LogP contribution < -0.4 is 5.32 Å². The molecule has 7 nitrogen and oxygen atoms in total. The van der Waals surface area contributed by atoms with Gasteiger partial charge >= 0.3 is 0 Å². The highest BCUT2D eigenvalue weighted by Crippen LogP contribution is 2.28. The molecular weight excluding hydrogens is 374 g/mol. The molecule has 0 radical (unpaired) electrons. The number of nitrogens with zero attached hydrogens (tertiary/aromatic N) is 5. The third kappa shape index (κ3) is 5.97. The number of fused-ring (bicyclic) bond motifs is 1. The molecule has 0 saturated carbocycles. The number of hydrogen-bond donors (Lipinski definition) is 2. The molecule has 0 aromatic carbocycles. The van der Waals surface area contributed by atoms with Crippen LogP contribution in [0.3, 0.4) is 0 Å². The summed E-state index contributed by atoms with van der Waals surface area (Å²) in [7, 11) is 0. The summed E-state index contributed by atoms with van der Waals surface area (Å²) in [6.45, 7) is 12.4. The summed E-state index contributed by atoms with van der Waals surface area (Å²) in [5.41, 5.74) is 4.42. The number of rotatable bonds is 2. The van der Waals surface area contributed by atoms with E-state index in [9.17, 15) is 0 Å². The zero-order valence-corrected chi connectivity index (χ0v) is 18.7. The maximum Gasteiger partial charge on any atom is 0.155 e. The highest BCUT2D eigenvalue weighted by atomic mass is 15.3. The van der Waals surface area contributed by atoms with E-state index in [0.29, 0.717) is 0 Å². The Balaban J connectivity index is 0.000000304. The predicted molar refractivity (Wildman–Crippen MR) is 123 cm³/mol. The van der Waals surface area contributed by atoms with Crippen molar-refractivity contribution in [3.8, 4) is 22.6 Å². The average Bonchev–Trinajstić information content (AvgIpc) is 3.59. The maximum absolute atomic E-state index is 4.59. The second-order valence-electron chi connectivity index (χ2n) is 6.20. The minimum absolute atomic E-state index is 0.811. The molecule has 5 rings (SSSR count). The Hall–Kier alpha value is -3.06. The SMILES string of the molecule is C1CCNC1.CC.CC.Cc1nc(-c2ccc3ncnn3c2)c(-c2ccccn2)[nH]1. The van der Waals surface area contributed by atoms with Crippen molar-refractivity contribution in [2.45, 2.75) is 47.5 Å². The molecule has 30 heavy (non-hydrogen) atoms. The van der Waals surface area contributed by atoms with E-state index in [1.807, 2.05) is 71.1 Å². The van der Waals surface area contributed by atoms with Crippen LogP contribution in [-0.2, 0) is 0 Å². The van der Waals surface area contributed by atoms with E-state index in [1.165, 1.54) is 32.3 Å². The first-order chi connectivity index (χ1) is 14.8. The molecule has 7 heteroatoms. The molecule has 1 fully saturated rings. The molecule has 0 unspecified atom stereocenters. The smallest absolute Gasteiger partial charge is 0.155 e. The summed E-state index contributed by atoms with van der Waals surface area (Å²) >= 11 is 0. The maximum atomic E-state index is 4.59. The first kappa shape index (κ1) is 23.2. The van der Waals surface area contributed by atoms with Crippen LogP contribution in [0.4, 0.5) is 0 Å². The van der Waals surface area contributed by atoms with E-state index in [-0.39, 0.29) is 0 Å². The Morgan fingerprint density at radius 1 is 0.933 bits per heavy atom. The van der Waals surface area contributed by atoms with E-state index >= 15 is 0 Å². The molecule has 0 atom stereocenters. The van der Waals surface area contributed by atoms with Crippen LogP contribution in [0.1, 0.15) is 46.4 Å². The molecule has 0 amide bonds. The summed E-state index contributed by atoms with van der Waals surface area (Å²) in [6, 6.07) is 9.74. The van der Waals surface area contributed by atoms with Gasteiger partial charge in [-0.25, -0.2) is 14.5 Å². The highest BCUT2D eigenvalue weighted by Gasteiger charge is 2.14. The fourth-order valence-corrected chi connectivity index (χ4v) is 2.98. The van der Waals surface area contributed by atoms with Gasteiger partial charge in [-0.05, 0) is 57.1 Å². The van der Waals surface area contributed by atoms with Crippen LogP contribution >= 0.6 is 0 Å². The van der Waals surface area contributed by atoms with Crippen LogP contribution in [0.25, 0.3) is 28.3 Å². The van der Waals surface area contributed by atoms with Crippen molar-refractivity contribution in [2.75, 3.05) is 13.1 Å². The van der Waals surface area contributed by atoms with Crippen LogP contribution in [0, 0.1) is 6.92 Å². The van der Waals surface area contributed by atoms with Gasteiger partial charge in [-0.3, -0.25) is 4.98 Å². The molecule has 4 aromatic heterocycles. The van der Waals surface area contributed by atoms with Gasteiger partial charge in [-0.15, -0.1) is 0 Å². The van der Waals surface area contributed by atoms with Crippen LogP contribution in [-0.4, -0.2) is 42.6 Å². The van der Waals surface area contributed by atoms with E-state index in [1.54, 1.807) is 10.7 Å². The number of pyridine rings is 2. The third-order valence-electron chi connectivity index (χ3n) is 4.25. The molecule has 0 spiro atoms. The molecule has 0 bridgehead atoms. The van der Waals surface area contributed by atoms with Crippen molar-refractivity contribution in [1.82, 2.24) is 34.9 Å². The average molecular weight is 408 g/mol. The third-order valence-corrected chi connectivity index (χ3v) is 4.25. The van der Waals surface area contributed by atoms with Crippen LogP contribution in [0.2, 0.25) is 0 Å². The zero-order valence-electron chi connectivity index (χ0n) is 18.7. The Morgan fingerprint density at radius 2 is 1.70 bits per heavy atom. The van der Waals surface area contributed by atoms with Gasteiger partial charge in [0.2, 0.25) is 0 Å². The first-order valence-electron chi connectivity index (χ1n) is 10.8. The summed E-state index contributed by atoms with van der Waals surface area (Å²) in [5, 5.41) is 7.39. The minimum atomic E-state index is 0.811. The van der Waals surface area contributed by atoms with E-state index in [4.69, 9.17) is 0 Å². The van der Waals surface area contributed by atoms with Gasteiger partial charge in [-0.1, -0.05) is 33.8 Å². The molecule has 2 N–H and O–H groups in total. The number of nitrogens with one attached hydrogen (secondary N) is 2. The lowest BCUT2D eigenvalue weighted by Gasteiger charge is -2.02. The van der Waals surface area contributed by atoms with Crippen molar-refractivity contribution >= 4 is 5.65 Å². The van der Waals surface area contributed by atoms with Crippen molar-refractivity contribution in [2.24, 2.45) is 0 Å². The van der Waals surface area contributed by atoms with Gasteiger partial charge in [0.1, 0.15) is 12.2 Å². The second-order valence-corrected chi connectivity index (χ2v) is 6.20. The van der Waals surface area contributed by atoms with Gasteiger partial charge in [-0.2, -0.15) is 5.10 Å². The van der Waals surface area contributed by atoms with Gasteiger partial charge in [0.05, 0.1) is 17.1 Å². The fourth-order valence-electron chi connectivity index (χ4n) is 2.98. The lowest BCUT2D eigenvalue weighted by atomic mass is 10.1. The number of hydrogen-bond acceptors (Lipinski definition) is 5. The molecule has 1 aliphatic heterocycles. The largest absolute Gasteiger partial charge is 0.340 e. The number of aryl methyl sites for hydroxylation is 1. The standard InChI is InChI=1S/C15H12N6.C4H9N.2C2H6/c1-10-19-14(15(20-10)12-4-2-3-7-16-12)11-5-6-13-17-9-18-21(13)8-11;1-2-4-5-3-1;2*1-2/h2-9H,1H3,(H,19,20);5H,1-4H2;2*1-2H3. The van der Waals surface area contributed by atoms with E-state index in [0.717, 1.165) is 34.1 Å². The normalized spacial score (nSPS) is 12.2. The Labute approximate surface area is 179 Å². The van der Waals surface area contributed by atoms with Crippen LogP contribution in [0.15, 0.2) is 49.1 Å². The Morgan fingerprint density at radius 3 is 2.33 bits per heavy atom. The fraction of sp³-hybridized carbons (Fsp3) is 0.391. The van der Waals surface area contributed by atoms with Crippen molar-refractivity contribution < 1.29 is 0 Å². The molecule has 4 aromatic rings. The Kier molecular flexibility index (Phi) is 9.67. The molecule has 1 aliphatic rings. The van der Waals surface area contributed by atoms with Gasteiger partial charge in [0.25, 0.3) is 0 Å². The molecule has 1 saturated heterocycles. The highest BCUT2D eigenvalue weighted by molar-refractivity contribution is 5.76. The molecule has 160 valence electrons. The van der Waals surface area contributed by atoms with Gasteiger partial charge in [0.15, 0.2) is 5.65 Å². The number of imidazole rings is 1. The quantitative estimate of drug-likeness (QED) is 0.493. The number of H-pyrrole nitrogens is 1. The summed E-state index contributed by atoms with van der Waals surface area (Å²) < 4.78 is 1.74. The van der Waals surface area contributed by atoms with Crippen molar-refractivity contribution in [3.05, 3.63) is 54.9 Å². The van der Waals surface area contributed by atoms with Crippen molar-refractivity contribution in [3.63, 3.8) is 0 Å². The second kappa shape index (κ2) is 12.5. The monoisotopic (exact) mass is 407 g/mol. The van der Waals surface area contributed by atoms with E-state index in [2.05, 4.69) is 30.4 Å². The molecular formula is C23H33N7. The van der Waals surface area contributed by atoms with Crippen LogP contribution in [0.5, 0.6) is 0 Å². The summed E-state index contributed by atoms with van der Waals surface area (Å²) in [5.74, 6) is 0.851. The zero-order chi connectivity index (χ0) is 21.8. The van der Waals surface area contributed by atoms with E-state index < -0.39 is 0 Å². The predicted octanol–water partition coefficient (Wildman–Crippen LogP) is 4.91. The van der Waals surface area contributed by atoms with Crippen molar-refractivity contribution in [1.29, 1.82) is 0 Å². The lowest BCUT2D eigenvalue weighted by Crippen LogP contribution is -2.03. The summed E-state index contributed by atoms with van der Waals surface area (Å²) in [6.07, 6.45) is 8.01. The topological polar surface area (TPSA) is 83.8 Å². The van der Waals surface area contributed by atoms with Gasteiger partial charge < -0.3 is 10.3 Å². The molecule has 5 heterocycles. The molecule has 0 aliphatic carbocycles. The first-order valence-corrected chi connectivity index (χ1v) is 10.8. The lowest BCUT2D eigenvalue weighted by molar-refractivity contribution is 0.857. The number of aromatic amines is 1. The summed E-state index contributed by atoms with van der Waals surface area (Å²) in [4.78, 5) is 16.4. The van der Waals surface area contributed by atoms with Gasteiger partial charge in [0, 0.05) is 18.0 Å². The Bertz CT molecular complexity index is 978.